The van der Waals surface area contributed by atoms with Crippen LogP contribution in [0, 0.1) is 0 Å². The van der Waals surface area contributed by atoms with E-state index in [0.29, 0.717) is 0 Å². The van der Waals surface area contributed by atoms with E-state index in [1.807, 2.05) is 0 Å². The van der Waals surface area contributed by atoms with Gasteiger partial charge >= 0.3 is 0 Å². The summed E-state index contributed by atoms with van der Waals surface area (Å²) in [7, 11) is -4.05. The molecule has 4 nitrogen and oxygen atoms in total. The van der Waals surface area contributed by atoms with Crippen LogP contribution in [0.3, 0.4) is 0 Å². The Morgan fingerprint density at radius 2 is 1.37 bits per heavy atom. The highest BCUT2D eigenvalue weighted by atomic mass is 32.2. The minimum atomic E-state index is -4.05. The van der Waals surface area contributed by atoms with Gasteiger partial charge in [-0.15, -0.1) is 0 Å². The Labute approximate surface area is 185 Å². The average molecular weight is 441 g/mol. The molecule has 174 valence electrons. The molecule has 0 heterocycles. The van der Waals surface area contributed by atoms with E-state index in [2.05, 4.69) is 32.0 Å². The van der Waals surface area contributed by atoms with Crippen LogP contribution < -0.4 is 4.74 Å². The van der Waals surface area contributed by atoms with Crippen LogP contribution in [0.4, 0.5) is 0 Å². The van der Waals surface area contributed by atoms with E-state index in [9.17, 15) is 8.42 Å². The average Bonchev–Trinajstić information content (AvgIpc) is 2.67. The van der Waals surface area contributed by atoms with Crippen LogP contribution in [0.2, 0.25) is 0 Å². The van der Waals surface area contributed by atoms with Crippen molar-refractivity contribution in [3.8, 4) is 5.75 Å². The zero-order valence-corrected chi connectivity index (χ0v) is 20.3. The highest BCUT2D eigenvalue weighted by molar-refractivity contribution is 7.85. The Kier molecular flexibility index (Phi) is 14.1. The van der Waals surface area contributed by atoms with Crippen molar-refractivity contribution in [2.45, 2.75) is 117 Å². The van der Waals surface area contributed by atoms with Crippen LogP contribution in [-0.2, 0) is 23.0 Å². The van der Waals surface area contributed by atoms with Crippen LogP contribution in [-0.4, -0.2) is 24.8 Å². The molecule has 0 fully saturated rings. The predicted molar refractivity (Wildman–Crippen MR) is 127 cm³/mol. The SMILES string of the molecule is CCCCCCCCc1ccc(CCCCCCCC)c(OC(C)CS(=O)(=O)O)c1. The first kappa shape index (κ1) is 27.0. The molecule has 5 heteroatoms. The van der Waals surface area contributed by atoms with Gasteiger partial charge in [-0.2, -0.15) is 8.42 Å². The zero-order valence-electron chi connectivity index (χ0n) is 19.5. The van der Waals surface area contributed by atoms with Crippen LogP contribution in [0.15, 0.2) is 18.2 Å². The van der Waals surface area contributed by atoms with E-state index in [1.54, 1.807) is 6.92 Å². The molecular weight excluding hydrogens is 396 g/mol. The van der Waals surface area contributed by atoms with Crippen molar-refractivity contribution in [3.63, 3.8) is 0 Å². The molecule has 1 atom stereocenters. The highest BCUT2D eigenvalue weighted by Crippen LogP contribution is 2.25. The third kappa shape index (κ3) is 13.3. The van der Waals surface area contributed by atoms with E-state index in [0.717, 1.165) is 30.6 Å². The number of benzene rings is 1. The molecule has 1 unspecified atom stereocenters. The molecule has 0 aliphatic heterocycles. The van der Waals surface area contributed by atoms with Gasteiger partial charge in [-0.1, -0.05) is 90.2 Å². The first-order valence-corrected chi connectivity index (χ1v) is 13.7. The van der Waals surface area contributed by atoms with E-state index >= 15 is 0 Å². The Morgan fingerprint density at radius 1 is 0.833 bits per heavy atom. The molecule has 0 bridgehead atoms. The Bertz CT molecular complexity index is 670. The molecule has 1 N–H and O–H groups in total. The maximum Gasteiger partial charge on any atom is 0.268 e. The van der Waals surface area contributed by atoms with Gasteiger partial charge in [0, 0.05) is 0 Å². The van der Waals surface area contributed by atoms with Crippen LogP contribution in [0.25, 0.3) is 0 Å². The largest absolute Gasteiger partial charge is 0.489 e. The second-order valence-corrected chi connectivity index (χ2v) is 10.2. The molecule has 0 saturated carbocycles. The summed E-state index contributed by atoms with van der Waals surface area (Å²) in [6, 6.07) is 6.42. The molecular formula is C25H44O4S. The quantitative estimate of drug-likeness (QED) is 0.194. The number of hydrogen-bond donors (Lipinski definition) is 1. The fraction of sp³-hybridized carbons (Fsp3) is 0.760. The van der Waals surface area contributed by atoms with Crippen molar-refractivity contribution >= 4 is 10.1 Å². The Morgan fingerprint density at radius 3 is 1.93 bits per heavy atom. The molecule has 0 aliphatic carbocycles. The molecule has 30 heavy (non-hydrogen) atoms. The molecule has 0 saturated heterocycles. The monoisotopic (exact) mass is 440 g/mol. The molecule has 0 aromatic heterocycles. The topological polar surface area (TPSA) is 63.6 Å². The molecule has 1 aromatic rings. The van der Waals surface area contributed by atoms with Gasteiger partial charge in [-0.3, -0.25) is 4.55 Å². The minimum Gasteiger partial charge on any atom is -0.489 e. The van der Waals surface area contributed by atoms with Gasteiger partial charge in [0.05, 0.1) is 0 Å². The third-order valence-corrected chi connectivity index (χ3v) is 6.41. The van der Waals surface area contributed by atoms with Crippen molar-refractivity contribution in [1.29, 1.82) is 0 Å². The van der Waals surface area contributed by atoms with Crippen LogP contribution in [0.1, 0.15) is 109 Å². The molecule has 0 spiro atoms. The van der Waals surface area contributed by atoms with Crippen molar-refractivity contribution in [1.82, 2.24) is 0 Å². The van der Waals surface area contributed by atoms with E-state index in [-0.39, 0.29) is 5.75 Å². The summed E-state index contributed by atoms with van der Waals surface area (Å²) in [5, 5.41) is 0. The standard InChI is InChI=1S/C25H44O4S/c1-4-6-8-10-12-14-16-23-18-19-24(17-15-13-11-9-7-5-2)25(20-23)29-22(3)21-30(26,27)28/h18-20,22H,4-17,21H2,1-3H3,(H,26,27,28). The molecule has 1 aromatic carbocycles. The van der Waals surface area contributed by atoms with Gasteiger partial charge in [0.25, 0.3) is 10.1 Å². The van der Waals surface area contributed by atoms with Crippen molar-refractivity contribution < 1.29 is 17.7 Å². The van der Waals surface area contributed by atoms with Gasteiger partial charge in [0.1, 0.15) is 17.6 Å². The zero-order chi connectivity index (χ0) is 22.2. The lowest BCUT2D eigenvalue weighted by Crippen LogP contribution is -2.23. The first-order chi connectivity index (χ1) is 14.4. The van der Waals surface area contributed by atoms with Gasteiger partial charge in [0.15, 0.2) is 0 Å². The predicted octanol–water partition coefficient (Wildman–Crippen LogP) is 7.15. The lowest BCUT2D eigenvalue weighted by Gasteiger charge is -2.18. The number of hydrogen-bond acceptors (Lipinski definition) is 3. The fourth-order valence-electron chi connectivity index (χ4n) is 3.82. The first-order valence-electron chi connectivity index (χ1n) is 12.1. The second kappa shape index (κ2) is 15.7. The number of unbranched alkanes of at least 4 members (excludes halogenated alkanes) is 10. The van der Waals surface area contributed by atoms with Gasteiger partial charge in [-0.25, -0.2) is 0 Å². The minimum absolute atomic E-state index is 0.384. The van der Waals surface area contributed by atoms with E-state index in [1.165, 1.54) is 76.2 Å². The summed E-state index contributed by atoms with van der Waals surface area (Å²) in [6.07, 6.45) is 16.4. The summed E-state index contributed by atoms with van der Waals surface area (Å²) in [6.45, 7) is 6.16. The fourth-order valence-corrected chi connectivity index (χ4v) is 4.48. The van der Waals surface area contributed by atoms with E-state index in [4.69, 9.17) is 9.29 Å². The second-order valence-electron chi connectivity index (χ2n) is 8.65. The summed E-state index contributed by atoms with van der Waals surface area (Å²) in [5.41, 5.74) is 2.38. The summed E-state index contributed by atoms with van der Waals surface area (Å²) >= 11 is 0. The lowest BCUT2D eigenvalue weighted by molar-refractivity contribution is 0.238. The van der Waals surface area contributed by atoms with Gasteiger partial charge in [0.2, 0.25) is 0 Å². The number of aryl methyl sites for hydroxylation is 2. The Balaban J connectivity index is 2.67. The molecule has 0 aliphatic rings. The van der Waals surface area contributed by atoms with Gasteiger partial charge < -0.3 is 4.74 Å². The summed E-state index contributed by atoms with van der Waals surface area (Å²) < 4.78 is 37.5. The van der Waals surface area contributed by atoms with Gasteiger partial charge in [-0.05, 0) is 49.8 Å². The van der Waals surface area contributed by atoms with E-state index < -0.39 is 16.2 Å². The molecule has 0 radical (unpaired) electrons. The number of rotatable bonds is 18. The maximum atomic E-state index is 11.2. The van der Waals surface area contributed by atoms with Crippen molar-refractivity contribution in [2.75, 3.05) is 5.75 Å². The van der Waals surface area contributed by atoms with Crippen LogP contribution in [0.5, 0.6) is 5.75 Å². The molecule has 1 rings (SSSR count). The smallest absolute Gasteiger partial charge is 0.268 e. The summed E-state index contributed by atoms with van der Waals surface area (Å²) in [4.78, 5) is 0. The molecule has 0 amide bonds. The van der Waals surface area contributed by atoms with Crippen molar-refractivity contribution in [2.24, 2.45) is 0 Å². The van der Waals surface area contributed by atoms with Crippen LogP contribution >= 0.6 is 0 Å². The summed E-state index contributed by atoms with van der Waals surface area (Å²) in [5.74, 6) is 0.397. The third-order valence-electron chi connectivity index (χ3n) is 5.52. The lowest BCUT2D eigenvalue weighted by atomic mass is 10.00. The maximum absolute atomic E-state index is 11.2. The highest BCUT2D eigenvalue weighted by Gasteiger charge is 2.16. The van der Waals surface area contributed by atoms with Crippen molar-refractivity contribution in [3.05, 3.63) is 29.3 Å². The number of ether oxygens (including phenoxy) is 1. The normalized spacial score (nSPS) is 12.8. The Hall–Kier alpha value is -1.07.